The average Bonchev–Trinajstić information content (AvgIpc) is 3.32. The first-order chi connectivity index (χ1) is 30.0. The SMILES string of the molecule is C[Si]1(C)c2ccccc2N(c2cc(N(c3ccc(-c4ccncc4)cc3)c3ccc(-c4ccncc4)cc3)cc(N3c4ccccc4Oc4ccccc43)n2)c2ccccc21. The summed E-state index contributed by atoms with van der Waals surface area (Å²) in [5, 5.41) is 2.75. The summed E-state index contributed by atoms with van der Waals surface area (Å²) in [7, 11) is -2.07. The van der Waals surface area contributed by atoms with Crippen molar-refractivity contribution in [3.63, 3.8) is 0 Å². The molecule has 0 atom stereocenters. The number of fused-ring (bicyclic) bond motifs is 4. The number of ether oxygens (including phenoxy) is 1. The third kappa shape index (κ3) is 6.32. The molecule has 0 radical (unpaired) electrons. The Kier molecular flexibility index (Phi) is 8.79. The van der Waals surface area contributed by atoms with Crippen LogP contribution in [0.1, 0.15) is 0 Å². The number of nitrogens with zero attached hydrogens (tertiary/aromatic N) is 6. The molecule has 6 aromatic carbocycles. The van der Waals surface area contributed by atoms with E-state index in [0.717, 1.165) is 85.2 Å². The minimum absolute atomic E-state index is 0.763. The highest BCUT2D eigenvalue weighted by atomic mass is 28.3. The normalized spacial score (nSPS) is 13.3. The standard InChI is InChI=1S/C53H40N6OSi/c1-61(2)50-17-9-5-13-46(50)59(47-14-6-10-18-51(47)61)53-36-43(35-52(56-53)58-44-11-3-7-15-48(44)60-49-16-8-4-12-45(49)58)57(41-23-19-37(20-24-41)39-27-31-54-32-28-39)42-25-21-38(22-26-42)40-29-33-55-34-30-40/h3-36H,1-2H3. The van der Waals surface area contributed by atoms with Gasteiger partial charge in [0.15, 0.2) is 11.5 Å². The largest absolute Gasteiger partial charge is 0.453 e. The molecule has 11 rings (SSSR count). The van der Waals surface area contributed by atoms with E-state index in [9.17, 15) is 0 Å². The van der Waals surface area contributed by atoms with Gasteiger partial charge in [0.25, 0.3) is 0 Å². The number of benzene rings is 6. The highest BCUT2D eigenvalue weighted by Crippen LogP contribution is 2.52. The maximum atomic E-state index is 6.51. The molecule has 0 spiro atoms. The van der Waals surface area contributed by atoms with Crippen molar-refractivity contribution < 1.29 is 4.74 Å². The molecule has 2 aliphatic rings. The van der Waals surface area contributed by atoms with Crippen molar-refractivity contribution in [2.75, 3.05) is 14.7 Å². The molecular weight excluding hydrogens is 765 g/mol. The van der Waals surface area contributed by atoms with E-state index in [-0.39, 0.29) is 0 Å². The molecule has 3 aromatic heterocycles. The van der Waals surface area contributed by atoms with Gasteiger partial charge in [0.2, 0.25) is 0 Å². The predicted molar refractivity (Wildman–Crippen MR) is 252 cm³/mol. The first-order valence-corrected chi connectivity index (χ1v) is 23.5. The molecule has 2 aliphatic heterocycles. The van der Waals surface area contributed by atoms with Gasteiger partial charge >= 0.3 is 0 Å². The molecule has 0 amide bonds. The lowest BCUT2D eigenvalue weighted by molar-refractivity contribution is 0.476. The fourth-order valence-electron chi connectivity index (χ4n) is 8.86. The molecular formula is C53H40N6OSi. The molecule has 8 heteroatoms. The Morgan fingerprint density at radius 1 is 0.410 bits per heavy atom. The molecule has 5 heterocycles. The Bertz CT molecular complexity index is 2870. The Labute approximate surface area is 356 Å². The van der Waals surface area contributed by atoms with Gasteiger partial charge < -0.3 is 9.64 Å². The topological polar surface area (TPSA) is 57.6 Å². The fraction of sp³-hybridized carbons (Fsp3) is 0.0377. The van der Waals surface area contributed by atoms with Crippen LogP contribution >= 0.6 is 0 Å². The molecule has 0 unspecified atom stereocenters. The zero-order valence-electron chi connectivity index (χ0n) is 33.7. The molecule has 0 aliphatic carbocycles. The average molecular weight is 805 g/mol. The van der Waals surface area contributed by atoms with Crippen LogP contribution in [-0.2, 0) is 0 Å². The Hall–Kier alpha value is -7.81. The smallest absolute Gasteiger partial charge is 0.151 e. The van der Waals surface area contributed by atoms with E-state index in [4.69, 9.17) is 9.72 Å². The van der Waals surface area contributed by atoms with E-state index in [2.05, 4.69) is 171 Å². The van der Waals surface area contributed by atoms with Crippen LogP contribution in [0.4, 0.5) is 51.4 Å². The summed E-state index contributed by atoms with van der Waals surface area (Å²) in [5.74, 6) is 3.11. The Morgan fingerprint density at radius 2 is 0.787 bits per heavy atom. The summed E-state index contributed by atoms with van der Waals surface area (Å²) in [6.45, 7) is 4.90. The summed E-state index contributed by atoms with van der Waals surface area (Å²) in [5.41, 5.74) is 11.6. The monoisotopic (exact) mass is 804 g/mol. The van der Waals surface area contributed by atoms with Gasteiger partial charge in [-0.15, -0.1) is 0 Å². The van der Waals surface area contributed by atoms with Crippen molar-refractivity contribution in [2.24, 2.45) is 0 Å². The predicted octanol–water partition coefficient (Wildman–Crippen LogP) is 12.9. The first-order valence-electron chi connectivity index (χ1n) is 20.5. The van der Waals surface area contributed by atoms with Crippen molar-refractivity contribution in [1.82, 2.24) is 15.0 Å². The number of rotatable bonds is 7. The van der Waals surface area contributed by atoms with Crippen LogP contribution in [0, 0.1) is 0 Å². The van der Waals surface area contributed by atoms with Crippen LogP contribution in [0.3, 0.4) is 0 Å². The molecule has 292 valence electrons. The minimum Gasteiger partial charge on any atom is -0.453 e. The highest BCUT2D eigenvalue weighted by molar-refractivity contribution is 7.02. The van der Waals surface area contributed by atoms with Gasteiger partial charge in [-0.2, -0.15) is 0 Å². The second-order valence-corrected chi connectivity index (χ2v) is 20.1. The first kappa shape index (κ1) is 36.3. The Morgan fingerprint density at radius 3 is 1.25 bits per heavy atom. The molecule has 7 nitrogen and oxygen atoms in total. The fourth-order valence-corrected chi connectivity index (χ4v) is 11.8. The zero-order chi connectivity index (χ0) is 40.9. The van der Waals surface area contributed by atoms with Gasteiger partial charge in [-0.25, -0.2) is 4.98 Å². The maximum Gasteiger partial charge on any atom is 0.151 e. The van der Waals surface area contributed by atoms with E-state index in [1.54, 1.807) is 0 Å². The number of hydrogen-bond donors (Lipinski definition) is 0. The lowest BCUT2D eigenvalue weighted by Crippen LogP contribution is -2.58. The maximum absolute atomic E-state index is 6.51. The van der Waals surface area contributed by atoms with Gasteiger partial charge in [0, 0.05) is 59.7 Å². The number of para-hydroxylation sites is 6. The zero-order valence-corrected chi connectivity index (χ0v) is 34.7. The quantitative estimate of drug-likeness (QED) is 0.149. The van der Waals surface area contributed by atoms with Crippen molar-refractivity contribution in [3.8, 4) is 33.8 Å². The summed E-state index contributed by atoms with van der Waals surface area (Å²) >= 11 is 0. The minimum atomic E-state index is -2.07. The van der Waals surface area contributed by atoms with Gasteiger partial charge in [-0.1, -0.05) is 98.0 Å². The molecule has 0 saturated carbocycles. The lowest BCUT2D eigenvalue weighted by atomic mass is 10.0. The second-order valence-electron chi connectivity index (χ2n) is 15.8. The molecule has 0 N–H and O–H groups in total. The summed E-state index contributed by atoms with van der Waals surface area (Å²) in [4.78, 5) is 21.1. The number of aromatic nitrogens is 3. The second kappa shape index (κ2) is 14.8. The van der Waals surface area contributed by atoms with Gasteiger partial charge in [0.1, 0.15) is 19.7 Å². The van der Waals surface area contributed by atoms with Crippen LogP contribution in [0.25, 0.3) is 22.3 Å². The van der Waals surface area contributed by atoms with Crippen molar-refractivity contribution in [1.29, 1.82) is 0 Å². The van der Waals surface area contributed by atoms with Crippen LogP contribution in [0.5, 0.6) is 11.5 Å². The van der Waals surface area contributed by atoms with Gasteiger partial charge in [0.05, 0.1) is 17.1 Å². The summed E-state index contributed by atoms with van der Waals surface area (Å²) < 4.78 is 6.51. The number of anilines is 9. The van der Waals surface area contributed by atoms with Crippen LogP contribution < -0.4 is 29.8 Å². The van der Waals surface area contributed by atoms with E-state index in [1.807, 2.05) is 73.3 Å². The number of hydrogen-bond acceptors (Lipinski definition) is 7. The van der Waals surface area contributed by atoms with E-state index in [0.29, 0.717) is 0 Å². The molecule has 0 bridgehead atoms. The lowest BCUT2D eigenvalue weighted by Gasteiger charge is -2.41. The molecule has 0 fully saturated rings. The Balaban J connectivity index is 1.17. The third-order valence-corrected chi connectivity index (χ3v) is 15.4. The number of pyridine rings is 3. The molecule has 0 saturated heterocycles. The van der Waals surface area contributed by atoms with Gasteiger partial charge in [-0.3, -0.25) is 19.8 Å². The van der Waals surface area contributed by atoms with Crippen LogP contribution in [0.15, 0.2) is 207 Å². The van der Waals surface area contributed by atoms with Crippen molar-refractivity contribution in [3.05, 3.63) is 207 Å². The highest BCUT2D eigenvalue weighted by Gasteiger charge is 2.39. The van der Waals surface area contributed by atoms with E-state index >= 15 is 0 Å². The van der Waals surface area contributed by atoms with Crippen LogP contribution in [0.2, 0.25) is 13.1 Å². The van der Waals surface area contributed by atoms with E-state index in [1.165, 1.54) is 10.4 Å². The molecule has 61 heavy (non-hydrogen) atoms. The summed E-state index contributed by atoms with van der Waals surface area (Å²) in [6.07, 6.45) is 7.34. The third-order valence-electron chi connectivity index (χ3n) is 11.8. The van der Waals surface area contributed by atoms with Crippen LogP contribution in [-0.4, -0.2) is 23.0 Å². The molecule has 9 aromatic rings. The van der Waals surface area contributed by atoms with Gasteiger partial charge in [-0.05, 0) is 118 Å². The van der Waals surface area contributed by atoms with Crippen molar-refractivity contribution in [2.45, 2.75) is 13.1 Å². The van der Waals surface area contributed by atoms with Crippen molar-refractivity contribution >= 4 is 69.9 Å². The van der Waals surface area contributed by atoms with E-state index < -0.39 is 8.07 Å². The summed E-state index contributed by atoms with van der Waals surface area (Å²) in [6, 6.07) is 64.3.